The van der Waals surface area contributed by atoms with Crippen LogP contribution >= 0.6 is 0 Å². The second-order valence-corrected chi connectivity index (χ2v) is 1.52. The summed E-state index contributed by atoms with van der Waals surface area (Å²) in [6.07, 6.45) is 1.45. The van der Waals surface area contributed by atoms with E-state index in [2.05, 4.69) is 4.98 Å². The molecule has 0 unspecified atom stereocenters. The van der Waals surface area contributed by atoms with Crippen molar-refractivity contribution in [2.45, 2.75) is 0 Å². The fourth-order valence-electron chi connectivity index (χ4n) is 0.489. The average molecular weight is 224 g/mol. The van der Waals surface area contributed by atoms with Crippen molar-refractivity contribution in [2.75, 3.05) is 0 Å². The topological polar surface area (TPSA) is 108 Å². The Morgan fingerprint density at radius 3 is 2.08 bits per heavy atom. The maximum absolute atomic E-state index is 10.1. The molecule has 6 nitrogen and oxygen atoms in total. The number of carboxylic acids is 1. The minimum absolute atomic E-state index is 0.0810. The van der Waals surface area contributed by atoms with Crippen LogP contribution in [0.5, 0.6) is 0 Å². The molecule has 1 aromatic rings. The molecule has 0 aliphatic carbocycles. The van der Waals surface area contributed by atoms with Gasteiger partial charge in [0.2, 0.25) is 0 Å². The quantitative estimate of drug-likeness (QED) is 0.478. The van der Waals surface area contributed by atoms with E-state index in [9.17, 15) is 4.79 Å². The van der Waals surface area contributed by atoms with E-state index in [4.69, 9.17) is 19.3 Å². The van der Waals surface area contributed by atoms with Gasteiger partial charge in [-0.25, -0.2) is 9.78 Å². The van der Waals surface area contributed by atoms with E-state index < -0.39 is 5.97 Å². The van der Waals surface area contributed by atoms with Gasteiger partial charge in [0.25, 0.3) is 0 Å². The number of pyridine rings is 1. The van der Waals surface area contributed by atoms with Crippen molar-refractivity contribution >= 4 is 5.97 Å². The van der Waals surface area contributed by atoms with Crippen LogP contribution in [0.25, 0.3) is 0 Å². The summed E-state index contributed by atoms with van der Waals surface area (Å²) in [6.45, 7) is 0. The van der Waals surface area contributed by atoms with E-state index in [1.54, 1.807) is 12.1 Å². The summed E-state index contributed by atoms with van der Waals surface area (Å²) in [7, 11) is 0. The average Bonchev–Trinajstić information content (AvgIpc) is 2.25. The Labute approximate surface area is 83.0 Å². The van der Waals surface area contributed by atoms with Gasteiger partial charge in [-0.2, -0.15) is 0 Å². The summed E-state index contributed by atoms with van der Waals surface area (Å²) < 4.78 is 8.19. The van der Waals surface area contributed by atoms with Gasteiger partial charge in [0.05, 0.1) is 0 Å². The molecule has 0 aliphatic rings. The number of aromatic nitrogens is 1. The molecule has 1 aromatic heterocycles. The third kappa shape index (κ3) is 7.29. The molecule has 0 radical (unpaired) electrons. The molecule has 0 bridgehead atoms. The third-order valence-corrected chi connectivity index (χ3v) is 0.884. The first-order chi connectivity index (χ1) is 6.30. The van der Waals surface area contributed by atoms with Crippen LogP contribution in [0.4, 0.5) is 0 Å². The molecule has 0 saturated carbocycles. The number of aromatic carboxylic acids is 1. The van der Waals surface area contributed by atoms with Crippen LogP contribution in [-0.2, 0) is 21.0 Å². The first kappa shape index (κ1) is 14.4. The van der Waals surface area contributed by atoms with Crippen molar-refractivity contribution in [1.29, 1.82) is 0 Å². The molecule has 0 spiro atoms. The van der Waals surface area contributed by atoms with E-state index in [-0.39, 0.29) is 5.69 Å². The molecule has 0 saturated heterocycles. The standard InChI is InChI=1S/C6H5NO2.H2O2.O.V/c8-6(9)5-3-1-2-4-7-5;1-2;;/h1-4H,(H,8,9);1-2H;;. The predicted octanol–water partition coefficient (Wildman–Crippen LogP) is 0.676. The van der Waals surface area contributed by atoms with Gasteiger partial charge >= 0.3 is 27.0 Å². The van der Waals surface area contributed by atoms with Crippen molar-refractivity contribution in [2.24, 2.45) is 0 Å². The Kier molecular flexibility index (Phi) is 12.1. The van der Waals surface area contributed by atoms with Gasteiger partial charge in [-0.05, 0) is 12.1 Å². The van der Waals surface area contributed by atoms with Crippen molar-refractivity contribution in [3.8, 4) is 0 Å². The van der Waals surface area contributed by atoms with E-state index in [1.165, 1.54) is 12.3 Å². The number of hydrogen-bond donors (Lipinski definition) is 3. The van der Waals surface area contributed by atoms with E-state index >= 15 is 0 Å². The van der Waals surface area contributed by atoms with Gasteiger partial charge in [0.15, 0.2) is 0 Å². The van der Waals surface area contributed by atoms with E-state index in [0.29, 0.717) is 0 Å². The fraction of sp³-hybridized carbons (Fsp3) is 0. The molecule has 0 atom stereocenters. The Balaban J connectivity index is 0. The van der Waals surface area contributed by atoms with E-state index in [1.807, 2.05) is 0 Å². The second kappa shape index (κ2) is 10.9. The van der Waals surface area contributed by atoms with Crippen molar-refractivity contribution < 1.29 is 41.5 Å². The molecular weight excluding hydrogens is 217 g/mol. The summed E-state index contributed by atoms with van der Waals surface area (Å²) in [5.74, 6) is -0.990. The van der Waals surface area contributed by atoms with Crippen LogP contribution in [-0.4, -0.2) is 26.6 Å². The zero-order chi connectivity index (χ0) is 10.7. The molecule has 0 aliphatic heterocycles. The van der Waals surface area contributed by atoms with Crippen LogP contribution < -0.4 is 0 Å². The van der Waals surface area contributed by atoms with Crippen LogP contribution in [0, 0.1) is 0 Å². The Hall–Kier alpha value is -1.08. The van der Waals surface area contributed by atoms with Crippen LogP contribution in [0.2, 0.25) is 0 Å². The number of carboxylic acid groups (broad SMARTS) is 1. The summed E-state index contributed by atoms with van der Waals surface area (Å²) in [4.78, 5) is 13.7. The summed E-state index contributed by atoms with van der Waals surface area (Å²) in [5.41, 5.74) is 0.0810. The van der Waals surface area contributed by atoms with E-state index in [0.717, 1.165) is 17.4 Å². The molecule has 13 heavy (non-hydrogen) atoms. The Morgan fingerprint density at radius 2 is 1.85 bits per heavy atom. The number of nitrogens with zero attached hydrogens (tertiary/aromatic N) is 1. The van der Waals surface area contributed by atoms with Gasteiger partial charge in [0, 0.05) is 6.20 Å². The summed E-state index contributed by atoms with van der Waals surface area (Å²) in [5, 5.41) is 20.3. The minimum atomic E-state index is -0.990. The Bertz CT molecular complexity index is 230. The number of rotatable bonds is 1. The molecule has 71 valence electrons. The predicted molar refractivity (Wildman–Crippen MR) is 37.1 cm³/mol. The number of carbonyl (C=O) groups is 1. The van der Waals surface area contributed by atoms with Gasteiger partial charge in [-0.1, -0.05) is 6.07 Å². The van der Waals surface area contributed by atoms with Crippen LogP contribution in [0.15, 0.2) is 24.4 Å². The summed E-state index contributed by atoms with van der Waals surface area (Å²) in [6, 6.07) is 4.76. The van der Waals surface area contributed by atoms with Crippen molar-refractivity contribution in [3.63, 3.8) is 0 Å². The third-order valence-electron chi connectivity index (χ3n) is 0.884. The molecular formula is C6H7NO5V. The normalized spacial score (nSPS) is 6.85. The molecule has 7 heteroatoms. The molecule has 0 amide bonds. The molecule has 1 heterocycles. The van der Waals surface area contributed by atoms with Crippen molar-refractivity contribution in [1.82, 2.24) is 4.98 Å². The monoisotopic (exact) mass is 224 g/mol. The molecule has 3 N–H and O–H groups in total. The van der Waals surface area contributed by atoms with Gasteiger partial charge < -0.3 is 5.11 Å². The van der Waals surface area contributed by atoms with Crippen molar-refractivity contribution in [3.05, 3.63) is 30.1 Å². The summed E-state index contributed by atoms with van der Waals surface area (Å²) >= 11 is 1.06. The van der Waals surface area contributed by atoms with Gasteiger partial charge in [-0.15, -0.1) is 0 Å². The van der Waals surface area contributed by atoms with Crippen LogP contribution in [0.3, 0.4) is 0 Å². The first-order valence-corrected chi connectivity index (χ1v) is 3.40. The zero-order valence-electron chi connectivity index (χ0n) is 6.36. The second-order valence-electron chi connectivity index (χ2n) is 1.52. The molecule has 0 aromatic carbocycles. The first-order valence-electron chi connectivity index (χ1n) is 2.83. The molecule has 0 fully saturated rings. The number of hydrogen-bond acceptors (Lipinski definition) is 5. The zero-order valence-corrected chi connectivity index (χ0v) is 7.76. The van der Waals surface area contributed by atoms with Crippen LogP contribution in [0.1, 0.15) is 10.5 Å². The SMILES string of the molecule is O=C(O)c1ccccn1.OO.[O]=[V]. The fourth-order valence-corrected chi connectivity index (χ4v) is 0.489. The Morgan fingerprint density at radius 1 is 1.31 bits per heavy atom. The van der Waals surface area contributed by atoms with Gasteiger partial charge in [-0.3, -0.25) is 10.5 Å². The molecule has 1 rings (SSSR count). The van der Waals surface area contributed by atoms with Gasteiger partial charge in [0.1, 0.15) is 5.69 Å². The maximum atomic E-state index is 10.1.